The second-order valence-electron chi connectivity index (χ2n) is 5.25. The molecule has 0 aromatic rings. The third-order valence-electron chi connectivity index (χ3n) is 2.25. The highest BCUT2D eigenvalue weighted by atomic mass is 15.0. The van der Waals surface area contributed by atoms with Gasteiger partial charge in [0.1, 0.15) is 0 Å². The van der Waals surface area contributed by atoms with Gasteiger partial charge in [-0.3, -0.25) is 0 Å². The molecule has 0 saturated carbocycles. The Morgan fingerprint density at radius 2 is 2.08 bits per heavy atom. The van der Waals surface area contributed by atoms with Gasteiger partial charge in [-0.2, -0.15) is 0 Å². The molecule has 13 heavy (non-hydrogen) atoms. The molecule has 1 aliphatic heterocycles. The maximum Gasteiger partial charge on any atom is 0.0196 e. The molecule has 1 heterocycles. The van der Waals surface area contributed by atoms with Crippen LogP contribution < -0.4 is 10.6 Å². The maximum absolute atomic E-state index is 4.04. The third kappa shape index (κ3) is 4.32. The van der Waals surface area contributed by atoms with E-state index in [0.29, 0.717) is 5.41 Å². The molecule has 1 fully saturated rings. The molecule has 0 atom stereocenters. The normalized spacial score (nSPS) is 18.1. The van der Waals surface area contributed by atoms with Crippen LogP contribution in [0.1, 0.15) is 27.2 Å². The molecule has 2 N–H and O–H groups in total. The number of hydrogen-bond acceptors (Lipinski definition) is 2. The van der Waals surface area contributed by atoms with Gasteiger partial charge in [0.25, 0.3) is 0 Å². The van der Waals surface area contributed by atoms with E-state index in [0.717, 1.165) is 32.0 Å². The van der Waals surface area contributed by atoms with E-state index in [9.17, 15) is 0 Å². The number of nitrogens with one attached hydrogen (secondary N) is 2. The van der Waals surface area contributed by atoms with Gasteiger partial charge in [-0.15, -0.1) is 0 Å². The second-order valence-corrected chi connectivity index (χ2v) is 5.25. The molecule has 76 valence electrons. The predicted molar refractivity (Wildman–Crippen MR) is 57.6 cm³/mol. The summed E-state index contributed by atoms with van der Waals surface area (Å²) in [5, 5.41) is 6.67. The molecule has 2 nitrogen and oxygen atoms in total. The van der Waals surface area contributed by atoms with Gasteiger partial charge >= 0.3 is 0 Å². The Kier molecular flexibility index (Phi) is 3.37. The minimum absolute atomic E-state index is 0.349. The zero-order valence-electron chi connectivity index (χ0n) is 9.11. The highest BCUT2D eigenvalue weighted by molar-refractivity contribution is 4.96. The zero-order valence-corrected chi connectivity index (χ0v) is 9.11. The summed E-state index contributed by atoms with van der Waals surface area (Å²) < 4.78 is 0. The van der Waals surface area contributed by atoms with Crippen LogP contribution in [0.3, 0.4) is 0 Å². The van der Waals surface area contributed by atoms with Crippen LogP contribution in [0.2, 0.25) is 0 Å². The van der Waals surface area contributed by atoms with Crippen molar-refractivity contribution in [2.75, 3.05) is 19.6 Å². The SMILES string of the molecule is C=C(CC(C)(C)C)NCC1CNC1. The molecule has 1 aliphatic rings. The van der Waals surface area contributed by atoms with Crippen molar-refractivity contribution in [1.82, 2.24) is 10.6 Å². The van der Waals surface area contributed by atoms with E-state index in [2.05, 4.69) is 38.0 Å². The lowest BCUT2D eigenvalue weighted by Gasteiger charge is -2.29. The zero-order chi connectivity index (χ0) is 9.90. The van der Waals surface area contributed by atoms with Crippen LogP contribution in [0.5, 0.6) is 0 Å². The van der Waals surface area contributed by atoms with Crippen molar-refractivity contribution >= 4 is 0 Å². The topological polar surface area (TPSA) is 24.1 Å². The van der Waals surface area contributed by atoms with E-state index in [1.807, 2.05) is 0 Å². The summed E-state index contributed by atoms with van der Waals surface area (Å²) in [6.45, 7) is 14.2. The summed E-state index contributed by atoms with van der Waals surface area (Å²) in [5.41, 5.74) is 1.53. The van der Waals surface area contributed by atoms with Crippen molar-refractivity contribution in [3.63, 3.8) is 0 Å². The monoisotopic (exact) mass is 182 g/mol. The van der Waals surface area contributed by atoms with Gasteiger partial charge in [0, 0.05) is 31.2 Å². The van der Waals surface area contributed by atoms with E-state index in [4.69, 9.17) is 0 Å². The average Bonchev–Trinajstić information content (AvgIpc) is 1.78. The highest BCUT2D eigenvalue weighted by Gasteiger charge is 2.17. The van der Waals surface area contributed by atoms with Gasteiger partial charge < -0.3 is 10.6 Å². The number of hydrogen-bond donors (Lipinski definition) is 2. The van der Waals surface area contributed by atoms with Crippen LogP contribution in [0, 0.1) is 11.3 Å². The quantitative estimate of drug-likeness (QED) is 0.692. The van der Waals surface area contributed by atoms with Crippen molar-refractivity contribution in [3.8, 4) is 0 Å². The molecule has 0 aromatic heterocycles. The molecule has 1 saturated heterocycles. The lowest BCUT2D eigenvalue weighted by atomic mass is 9.90. The Hall–Kier alpha value is -0.500. The summed E-state index contributed by atoms with van der Waals surface area (Å²) in [4.78, 5) is 0. The summed E-state index contributed by atoms with van der Waals surface area (Å²) in [6.07, 6.45) is 1.06. The first kappa shape index (κ1) is 10.6. The Morgan fingerprint density at radius 3 is 2.46 bits per heavy atom. The smallest absolute Gasteiger partial charge is 0.0196 e. The lowest BCUT2D eigenvalue weighted by molar-refractivity contribution is 0.331. The molecule has 0 aliphatic carbocycles. The van der Waals surface area contributed by atoms with Crippen LogP contribution in [-0.4, -0.2) is 19.6 Å². The minimum atomic E-state index is 0.349. The molecule has 0 aromatic carbocycles. The third-order valence-corrected chi connectivity index (χ3v) is 2.25. The van der Waals surface area contributed by atoms with E-state index in [1.165, 1.54) is 5.70 Å². The first-order valence-corrected chi connectivity index (χ1v) is 5.10. The van der Waals surface area contributed by atoms with Crippen molar-refractivity contribution in [2.45, 2.75) is 27.2 Å². The van der Waals surface area contributed by atoms with Gasteiger partial charge in [0.15, 0.2) is 0 Å². The average molecular weight is 182 g/mol. The molecule has 0 unspecified atom stereocenters. The Bertz CT molecular complexity index is 175. The first-order chi connectivity index (χ1) is 5.97. The van der Waals surface area contributed by atoms with Gasteiger partial charge in [-0.05, 0) is 11.8 Å². The van der Waals surface area contributed by atoms with Crippen LogP contribution in [0.15, 0.2) is 12.3 Å². The molecule has 2 heteroatoms. The van der Waals surface area contributed by atoms with E-state index in [-0.39, 0.29) is 0 Å². The fourth-order valence-electron chi connectivity index (χ4n) is 1.48. The predicted octanol–water partition coefficient (Wildman–Crippen LogP) is 1.75. The molecule has 0 spiro atoms. The fraction of sp³-hybridized carbons (Fsp3) is 0.818. The van der Waals surface area contributed by atoms with Crippen molar-refractivity contribution in [2.24, 2.45) is 11.3 Å². The van der Waals surface area contributed by atoms with Crippen LogP contribution in [0.25, 0.3) is 0 Å². The van der Waals surface area contributed by atoms with Crippen molar-refractivity contribution < 1.29 is 0 Å². The molecule has 1 rings (SSSR count). The van der Waals surface area contributed by atoms with Gasteiger partial charge in [0.2, 0.25) is 0 Å². The van der Waals surface area contributed by atoms with E-state index in [1.54, 1.807) is 0 Å². The van der Waals surface area contributed by atoms with Crippen LogP contribution in [0.4, 0.5) is 0 Å². The van der Waals surface area contributed by atoms with E-state index < -0.39 is 0 Å². The number of allylic oxidation sites excluding steroid dienone is 1. The Labute approximate surface area is 81.8 Å². The maximum atomic E-state index is 4.04. The molecular weight excluding hydrogens is 160 g/mol. The molecular formula is C11H22N2. The second kappa shape index (κ2) is 4.14. The molecule has 0 amide bonds. The summed E-state index contributed by atoms with van der Waals surface area (Å²) in [6, 6.07) is 0. The highest BCUT2D eigenvalue weighted by Crippen LogP contribution is 2.21. The Balaban J connectivity index is 2.10. The number of rotatable bonds is 4. The Morgan fingerprint density at radius 1 is 1.46 bits per heavy atom. The van der Waals surface area contributed by atoms with Crippen LogP contribution >= 0.6 is 0 Å². The van der Waals surface area contributed by atoms with Crippen molar-refractivity contribution in [3.05, 3.63) is 12.3 Å². The van der Waals surface area contributed by atoms with E-state index >= 15 is 0 Å². The molecule has 0 bridgehead atoms. The van der Waals surface area contributed by atoms with Crippen LogP contribution in [-0.2, 0) is 0 Å². The summed E-state index contributed by atoms with van der Waals surface area (Å²) >= 11 is 0. The summed E-state index contributed by atoms with van der Waals surface area (Å²) in [5.74, 6) is 0.816. The largest absolute Gasteiger partial charge is 0.388 e. The summed E-state index contributed by atoms with van der Waals surface area (Å²) in [7, 11) is 0. The molecule has 0 radical (unpaired) electrons. The van der Waals surface area contributed by atoms with Gasteiger partial charge in [0.05, 0.1) is 0 Å². The van der Waals surface area contributed by atoms with Crippen molar-refractivity contribution in [1.29, 1.82) is 0 Å². The van der Waals surface area contributed by atoms with Gasteiger partial charge in [-0.1, -0.05) is 27.4 Å². The standard InChI is InChI=1S/C11H22N2/c1-9(5-11(2,3)4)13-8-10-6-12-7-10/h10,12-13H,1,5-8H2,2-4H3. The van der Waals surface area contributed by atoms with Gasteiger partial charge in [-0.25, -0.2) is 0 Å². The lowest BCUT2D eigenvalue weighted by Crippen LogP contribution is -2.47. The first-order valence-electron chi connectivity index (χ1n) is 5.10. The fourth-order valence-corrected chi connectivity index (χ4v) is 1.48. The minimum Gasteiger partial charge on any atom is -0.388 e.